The average Bonchev–Trinajstić information content (AvgIpc) is 1.88. The molecule has 0 atom stereocenters. The highest BCUT2D eigenvalue weighted by molar-refractivity contribution is 9.10. The van der Waals surface area contributed by atoms with E-state index >= 15 is 0 Å². The number of halogens is 1. The zero-order valence-corrected chi connectivity index (χ0v) is 6.62. The molecule has 0 bridgehead atoms. The van der Waals surface area contributed by atoms with E-state index in [4.69, 9.17) is 5.53 Å². The van der Waals surface area contributed by atoms with E-state index in [9.17, 15) is 0 Å². The van der Waals surface area contributed by atoms with Gasteiger partial charge in [0, 0.05) is 0 Å². The van der Waals surface area contributed by atoms with Gasteiger partial charge in [0.05, 0.1) is 0 Å². The van der Waals surface area contributed by atoms with Gasteiger partial charge in [0.15, 0.2) is 0 Å². The summed E-state index contributed by atoms with van der Waals surface area (Å²) in [7, 11) is 0. The summed E-state index contributed by atoms with van der Waals surface area (Å²) in [4.78, 5) is 6.81. The highest BCUT2D eigenvalue weighted by atomic mass is 79.9. The van der Waals surface area contributed by atoms with E-state index in [1.54, 1.807) is 12.1 Å². The van der Waals surface area contributed by atoms with Crippen molar-refractivity contribution in [1.82, 2.24) is 4.98 Å². The predicted octanol–water partition coefficient (Wildman–Crippen LogP) is 1.49. The molecular weight excluding hydrogens is 194 g/mol. The van der Waals surface area contributed by atoms with Crippen molar-refractivity contribution in [2.45, 2.75) is 0 Å². The summed E-state index contributed by atoms with van der Waals surface area (Å²) in [5, 5.41) is 0. The Morgan fingerprint density at radius 2 is 2.40 bits per heavy atom. The Morgan fingerprint density at radius 3 is 3.00 bits per heavy atom. The van der Waals surface area contributed by atoms with Gasteiger partial charge in [-0.2, -0.15) is 4.79 Å². The molecule has 0 saturated heterocycles. The first-order valence-electron chi connectivity index (χ1n) is 2.63. The fourth-order valence-corrected chi connectivity index (χ4v) is 0.912. The molecule has 0 radical (unpaired) electrons. The zero-order valence-electron chi connectivity index (χ0n) is 5.03. The van der Waals surface area contributed by atoms with Crippen LogP contribution in [0.2, 0.25) is 0 Å². The number of pyridine rings is 1. The first-order valence-corrected chi connectivity index (χ1v) is 3.42. The molecule has 1 aromatic heterocycles. The van der Waals surface area contributed by atoms with Gasteiger partial charge in [-0.1, -0.05) is 6.07 Å². The Kier molecular flexibility index (Phi) is 2.31. The van der Waals surface area contributed by atoms with Crippen LogP contribution in [0.5, 0.6) is 0 Å². The largest absolute Gasteiger partial charge is 0.361 e. The van der Waals surface area contributed by atoms with Crippen LogP contribution in [0.25, 0.3) is 5.53 Å². The summed E-state index contributed by atoms with van der Waals surface area (Å²) in [5.74, 6) is 0. The molecule has 0 aromatic carbocycles. The Balaban J connectivity index is 3.06. The topological polar surface area (TPSA) is 49.3 Å². The molecule has 4 heteroatoms. The van der Waals surface area contributed by atoms with E-state index in [1.807, 2.05) is 6.07 Å². The minimum atomic E-state index is 0.622. The minimum Gasteiger partial charge on any atom is -0.361 e. The van der Waals surface area contributed by atoms with Gasteiger partial charge >= 0.3 is 6.21 Å². The van der Waals surface area contributed by atoms with Crippen molar-refractivity contribution in [3.05, 3.63) is 34.0 Å². The molecule has 3 nitrogen and oxygen atoms in total. The summed E-state index contributed by atoms with van der Waals surface area (Å²) < 4.78 is 0.727. The molecule has 0 fully saturated rings. The van der Waals surface area contributed by atoms with Crippen LogP contribution in [-0.2, 0) is 0 Å². The maximum absolute atomic E-state index is 8.12. The van der Waals surface area contributed by atoms with Crippen molar-refractivity contribution in [3.63, 3.8) is 0 Å². The lowest BCUT2D eigenvalue weighted by atomic mass is 10.4. The molecular formula is C6H4BrN3. The smallest absolute Gasteiger partial charge is 0.306 e. The monoisotopic (exact) mass is 197 g/mol. The Bertz CT molecular complexity index is 278. The standard InChI is InChI=1S/C6H4BrN3/c7-6-3-1-2-5(10-6)4-9-8/h1-4H. The first kappa shape index (κ1) is 7.12. The van der Waals surface area contributed by atoms with Crippen LogP contribution in [0.3, 0.4) is 0 Å². The molecule has 0 spiro atoms. The number of nitrogens with zero attached hydrogens (tertiary/aromatic N) is 3. The maximum atomic E-state index is 8.12. The Labute approximate surface area is 66.5 Å². The molecule has 0 N–H and O–H groups in total. The van der Waals surface area contributed by atoms with Gasteiger partial charge in [0.2, 0.25) is 0 Å². The van der Waals surface area contributed by atoms with E-state index < -0.39 is 0 Å². The van der Waals surface area contributed by atoms with Crippen LogP contribution in [0.4, 0.5) is 0 Å². The van der Waals surface area contributed by atoms with Crippen molar-refractivity contribution >= 4 is 22.1 Å². The quantitative estimate of drug-likeness (QED) is 0.292. The second-order valence-electron chi connectivity index (χ2n) is 1.63. The van der Waals surface area contributed by atoms with Gasteiger partial charge in [0.25, 0.3) is 0 Å². The number of hydrogen-bond acceptors (Lipinski definition) is 1. The number of rotatable bonds is 1. The average molecular weight is 198 g/mol. The molecule has 1 aromatic rings. The fourth-order valence-electron chi connectivity index (χ4n) is 0.555. The normalized spacial score (nSPS) is 8.50. The van der Waals surface area contributed by atoms with Crippen molar-refractivity contribution in [1.29, 1.82) is 0 Å². The highest BCUT2D eigenvalue weighted by Gasteiger charge is 1.92. The van der Waals surface area contributed by atoms with Crippen LogP contribution < -0.4 is 0 Å². The molecule has 0 amide bonds. The summed E-state index contributed by atoms with van der Waals surface area (Å²) in [6.07, 6.45) is 1.27. The molecule has 0 aliphatic rings. The Morgan fingerprint density at radius 1 is 1.60 bits per heavy atom. The van der Waals surface area contributed by atoms with Crippen LogP contribution in [0, 0.1) is 0 Å². The Hall–Kier alpha value is -0.990. The van der Waals surface area contributed by atoms with Gasteiger partial charge in [-0.05, 0) is 28.1 Å². The third-order valence-corrected chi connectivity index (χ3v) is 1.37. The van der Waals surface area contributed by atoms with Crippen LogP contribution in [0.15, 0.2) is 22.8 Å². The highest BCUT2D eigenvalue weighted by Crippen LogP contribution is 2.03. The molecule has 1 rings (SSSR count). The molecule has 0 unspecified atom stereocenters. The van der Waals surface area contributed by atoms with Crippen molar-refractivity contribution in [2.75, 3.05) is 0 Å². The van der Waals surface area contributed by atoms with Crippen molar-refractivity contribution < 1.29 is 4.79 Å². The van der Waals surface area contributed by atoms with E-state index in [0.717, 1.165) is 4.60 Å². The summed E-state index contributed by atoms with van der Waals surface area (Å²) in [6.45, 7) is 0. The molecule has 10 heavy (non-hydrogen) atoms. The van der Waals surface area contributed by atoms with Crippen LogP contribution in [0.1, 0.15) is 5.69 Å². The van der Waals surface area contributed by atoms with E-state index in [0.29, 0.717) is 5.69 Å². The van der Waals surface area contributed by atoms with E-state index in [-0.39, 0.29) is 0 Å². The van der Waals surface area contributed by atoms with Crippen molar-refractivity contribution in [3.8, 4) is 0 Å². The van der Waals surface area contributed by atoms with Crippen LogP contribution >= 0.6 is 15.9 Å². The molecule has 50 valence electrons. The van der Waals surface area contributed by atoms with E-state index in [2.05, 4.69) is 25.7 Å². The maximum Gasteiger partial charge on any atom is 0.306 e. The third-order valence-electron chi connectivity index (χ3n) is 0.927. The number of aromatic nitrogens is 1. The lowest BCUT2D eigenvalue weighted by Gasteiger charge is -1.86. The second-order valence-corrected chi connectivity index (χ2v) is 2.44. The van der Waals surface area contributed by atoms with E-state index in [1.165, 1.54) is 6.21 Å². The summed E-state index contributed by atoms with van der Waals surface area (Å²) in [5.41, 5.74) is 8.75. The molecule has 0 saturated carbocycles. The summed E-state index contributed by atoms with van der Waals surface area (Å²) in [6, 6.07) is 5.35. The van der Waals surface area contributed by atoms with Gasteiger partial charge in [-0.3, -0.25) is 0 Å². The molecule has 0 aliphatic carbocycles. The third kappa shape index (κ3) is 1.76. The minimum absolute atomic E-state index is 0.622. The van der Waals surface area contributed by atoms with Gasteiger partial charge in [-0.25, -0.2) is 4.98 Å². The first-order chi connectivity index (χ1) is 4.83. The molecule has 0 aliphatic heterocycles. The van der Waals surface area contributed by atoms with Gasteiger partial charge in [0.1, 0.15) is 10.3 Å². The van der Waals surface area contributed by atoms with Gasteiger partial charge < -0.3 is 5.53 Å². The number of hydrogen-bond donors (Lipinski definition) is 0. The zero-order chi connectivity index (χ0) is 7.40. The second kappa shape index (κ2) is 3.25. The van der Waals surface area contributed by atoms with Gasteiger partial charge in [-0.15, -0.1) is 0 Å². The van der Waals surface area contributed by atoms with Crippen molar-refractivity contribution in [2.24, 2.45) is 0 Å². The SMILES string of the molecule is [N-]=[N+]=Cc1cccc(Br)n1. The van der Waals surface area contributed by atoms with Crippen LogP contribution in [-0.4, -0.2) is 16.0 Å². The lowest BCUT2D eigenvalue weighted by Crippen LogP contribution is -1.86. The summed E-state index contributed by atoms with van der Waals surface area (Å²) >= 11 is 3.18. The predicted molar refractivity (Wildman–Crippen MR) is 40.7 cm³/mol. The lowest BCUT2D eigenvalue weighted by molar-refractivity contribution is 0.00426. The molecule has 1 heterocycles. The fraction of sp³-hybridized carbons (Fsp3) is 0.